The Morgan fingerprint density at radius 2 is 2.20 bits per heavy atom. The molecule has 1 saturated heterocycles. The first-order chi connectivity index (χ1) is 12.1. The van der Waals surface area contributed by atoms with Crippen molar-refractivity contribution in [3.63, 3.8) is 0 Å². The summed E-state index contributed by atoms with van der Waals surface area (Å²) in [5.74, 6) is 1.58. The van der Waals surface area contributed by atoms with Crippen LogP contribution in [0.5, 0.6) is 5.75 Å². The summed E-state index contributed by atoms with van der Waals surface area (Å²) < 4.78 is 10.9. The number of hydrogen-bond acceptors (Lipinski definition) is 6. The molecule has 3 N–H and O–H groups in total. The Labute approximate surface area is 148 Å². The summed E-state index contributed by atoms with van der Waals surface area (Å²) >= 11 is 0. The van der Waals surface area contributed by atoms with Crippen molar-refractivity contribution < 1.29 is 9.47 Å². The summed E-state index contributed by atoms with van der Waals surface area (Å²) in [6, 6.07) is 9.19. The molecule has 3 rings (SSSR count). The number of methoxy groups -OCH3 is 1. The van der Waals surface area contributed by atoms with E-state index in [0.717, 1.165) is 30.9 Å². The molecule has 1 aromatic heterocycles. The second-order valence-electron chi connectivity index (χ2n) is 6.05. The van der Waals surface area contributed by atoms with Crippen molar-refractivity contribution in [3.8, 4) is 5.75 Å². The summed E-state index contributed by atoms with van der Waals surface area (Å²) in [6.07, 6.45) is 2.97. The van der Waals surface area contributed by atoms with Gasteiger partial charge in [0.15, 0.2) is 0 Å². The average molecular weight is 340 g/mol. The third kappa shape index (κ3) is 3.74. The standard InChI is InChI=1S/C19H24N4O2/c1-3-25-14-4-5-17(20)16(11-14)19(21)13-6-8-22-18(10-13)23-9-7-15(12-23)24-2/h4-6,8,10-11,15,21H,3,7,9,12,20H2,1-2H3/t15-/m1/s1. The molecule has 0 amide bonds. The van der Waals surface area contributed by atoms with Crippen molar-refractivity contribution in [3.05, 3.63) is 47.7 Å². The summed E-state index contributed by atoms with van der Waals surface area (Å²) in [5.41, 5.74) is 8.46. The fourth-order valence-electron chi connectivity index (χ4n) is 3.04. The van der Waals surface area contributed by atoms with E-state index in [4.69, 9.17) is 20.6 Å². The van der Waals surface area contributed by atoms with Crippen LogP contribution in [0.4, 0.5) is 11.5 Å². The lowest BCUT2D eigenvalue weighted by Crippen LogP contribution is -2.23. The number of nitrogens with one attached hydrogen (secondary N) is 1. The van der Waals surface area contributed by atoms with E-state index in [-0.39, 0.29) is 6.10 Å². The number of nitrogens with two attached hydrogens (primary N) is 1. The SMILES string of the molecule is CCOc1ccc(N)c(C(=N)c2ccnc(N3CC[C@@H](OC)C3)c2)c1. The lowest BCUT2D eigenvalue weighted by molar-refractivity contribution is 0.121. The van der Waals surface area contributed by atoms with Gasteiger partial charge in [-0.2, -0.15) is 0 Å². The second-order valence-corrected chi connectivity index (χ2v) is 6.05. The molecule has 1 aromatic carbocycles. The van der Waals surface area contributed by atoms with Crippen LogP contribution in [0.25, 0.3) is 0 Å². The van der Waals surface area contributed by atoms with Crippen LogP contribution >= 0.6 is 0 Å². The predicted molar refractivity (Wildman–Crippen MR) is 99.8 cm³/mol. The molecule has 2 aromatic rings. The Balaban J connectivity index is 1.86. The van der Waals surface area contributed by atoms with Gasteiger partial charge in [-0.15, -0.1) is 0 Å². The van der Waals surface area contributed by atoms with Gasteiger partial charge in [0.1, 0.15) is 11.6 Å². The molecule has 25 heavy (non-hydrogen) atoms. The molecule has 0 bridgehead atoms. The molecular weight excluding hydrogens is 316 g/mol. The topological polar surface area (TPSA) is 84.5 Å². The van der Waals surface area contributed by atoms with Crippen LogP contribution in [0, 0.1) is 5.41 Å². The van der Waals surface area contributed by atoms with E-state index >= 15 is 0 Å². The van der Waals surface area contributed by atoms with Crippen LogP contribution in [-0.4, -0.2) is 43.6 Å². The minimum absolute atomic E-state index is 0.239. The average Bonchev–Trinajstić information content (AvgIpc) is 3.12. The van der Waals surface area contributed by atoms with Crippen molar-refractivity contribution in [2.24, 2.45) is 0 Å². The summed E-state index contributed by atoms with van der Waals surface area (Å²) in [6.45, 7) is 4.23. The monoisotopic (exact) mass is 340 g/mol. The normalized spacial score (nSPS) is 16.9. The van der Waals surface area contributed by atoms with Gasteiger partial charge in [-0.1, -0.05) is 0 Å². The highest BCUT2D eigenvalue weighted by Crippen LogP contribution is 2.25. The van der Waals surface area contributed by atoms with Gasteiger partial charge in [0.25, 0.3) is 0 Å². The van der Waals surface area contributed by atoms with Gasteiger partial charge < -0.3 is 20.1 Å². The van der Waals surface area contributed by atoms with E-state index in [0.29, 0.717) is 29.3 Å². The maximum atomic E-state index is 8.58. The van der Waals surface area contributed by atoms with E-state index < -0.39 is 0 Å². The van der Waals surface area contributed by atoms with Crippen LogP contribution in [0.15, 0.2) is 36.5 Å². The highest BCUT2D eigenvalue weighted by atomic mass is 16.5. The molecule has 2 heterocycles. The number of nitrogens with zero attached hydrogens (tertiary/aromatic N) is 2. The van der Waals surface area contributed by atoms with Gasteiger partial charge >= 0.3 is 0 Å². The van der Waals surface area contributed by atoms with Crippen molar-refractivity contribution >= 4 is 17.2 Å². The molecule has 0 unspecified atom stereocenters. The zero-order valence-electron chi connectivity index (χ0n) is 14.7. The van der Waals surface area contributed by atoms with Crippen molar-refractivity contribution in [1.29, 1.82) is 5.41 Å². The van der Waals surface area contributed by atoms with E-state index in [1.807, 2.05) is 31.2 Å². The van der Waals surface area contributed by atoms with E-state index in [1.165, 1.54) is 0 Å². The number of aromatic nitrogens is 1. The molecule has 1 fully saturated rings. The lowest BCUT2D eigenvalue weighted by atomic mass is 10.0. The molecule has 132 valence electrons. The molecule has 0 saturated carbocycles. The largest absolute Gasteiger partial charge is 0.494 e. The number of hydrogen-bond donors (Lipinski definition) is 2. The fraction of sp³-hybridized carbons (Fsp3) is 0.368. The molecule has 6 heteroatoms. The Morgan fingerprint density at radius 1 is 1.36 bits per heavy atom. The molecule has 6 nitrogen and oxygen atoms in total. The third-order valence-corrected chi connectivity index (χ3v) is 4.44. The molecule has 0 aliphatic carbocycles. The first-order valence-corrected chi connectivity index (χ1v) is 8.47. The van der Waals surface area contributed by atoms with Crippen molar-refractivity contribution in [1.82, 2.24) is 4.98 Å². The van der Waals surface area contributed by atoms with E-state index in [2.05, 4.69) is 9.88 Å². The molecule has 1 aliphatic rings. The summed E-state index contributed by atoms with van der Waals surface area (Å²) in [5, 5.41) is 8.58. The number of benzene rings is 1. The van der Waals surface area contributed by atoms with E-state index in [1.54, 1.807) is 19.4 Å². The number of rotatable bonds is 6. The first kappa shape index (κ1) is 17.2. The van der Waals surface area contributed by atoms with Crippen LogP contribution in [0.1, 0.15) is 24.5 Å². The number of ether oxygens (including phenoxy) is 2. The van der Waals surface area contributed by atoms with Crippen LogP contribution in [-0.2, 0) is 4.74 Å². The van der Waals surface area contributed by atoms with Gasteiger partial charge in [0, 0.05) is 43.2 Å². The maximum Gasteiger partial charge on any atom is 0.129 e. The third-order valence-electron chi connectivity index (χ3n) is 4.44. The van der Waals surface area contributed by atoms with Gasteiger partial charge in [-0.25, -0.2) is 4.98 Å². The first-order valence-electron chi connectivity index (χ1n) is 8.47. The zero-order chi connectivity index (χ0) is 17.8. The van der Waals surface area contributed by atoms with Gasteiger partial charge in [-0.05, 0) is 43.7 Å². The number of nitrogen functional groups attached to an aromatic ring is 1. The van der Waals surface area contributed by atoms with Crippen molar-refractivity contribution in [2.45, 2.75) is 19.4 Å². The Bertz CT molecular complexity index is 763. The Hall–Kier alpha value is -2.60. The second kappa shape index (κ2) is 7.53. The smallest absolute Gasteiger partial charge is 0.129 e. The highest BCUT2D eigenvalue weighted by molar-refractivity contribution is 6.14. The number of pyridine rings is 1. The summed E-state index contributed by atoms with van der Waals surface area (Å²) in [4.78, 5) is 6.64. The van der Waals surface area contributed by atoms with Crippen LogP contribution in [0.2, 0.25) is 0 Å². The highest BCUT2D eigenvalue weighted by Gasteiger charge is 2.23. The zero-order valence-corrected chi connectivity index (χ0v) is 14.7. The molecule has 1 atom stereocenters. The Kier molecular flexibility index (Phi) is 5.19. The molecular formula is C19H24N4O2. The summed E-state index contributed by atoms with van der Waals surface area (Å²) in [7, 11) is 1.74. The van der Waals surface area contributed by atoms with Crippen molar-refractivity contribution in [2.75, 3.05) is 37.4 Å². The van der Waals surface area contributed by atoms with Gasteiger partial charge in [-0.3, -0.25) is 5.41 Å². The van der Waals surface area contributed by atoms with Crippen LogP contribution < -0.4 is 15.4 Å². The molecule has 1 aliphatic heterocycles. The minimum Gasteiger partial charge on any atom is -0.494 e. The lowest BCUT2D eigenvalue weighted by Gasteiger charge is -2.18. The maximum absolute atomic E-state index is 8.58. The molecule has 0 spiro atoms. The van der Waals surface area contributed by atoms with E-state index in [9.17, 15) is 0 Å². The molecule has 0 radical (unpaired) electrons. The minimum atomic E-state index is 0.239. The number of anilines is 2. The van der Waals surface area contributed by atoms with Crippen LogP contribution in [0.3, 0.4) is 0 Å². The Morgan fingerprint density at radius 3 is 2.92 bits per heavy atom. The van der Waals surface area contributed by atoms with Gasteiger partial charge in [0.05, 0.1) is 18.4 Å². The van der Waals surface area contributed by atoms with Gasteiger partial charge in [0.2, 0.25) is 0 Å². The quantitative estimate of drug-likeness (QED) is 0.624. The predicted octanol–water partition coefficient (Wildman–Crippen LogP) is 2.70. The fourth-order valence-corrected chi connectivity index (χ4v) is 3.04.